The van der Waals surface area contributed by atoms with E-state index in [0.29, 0.717) is 41.3 Å². The molecule has 4 heteroatoms. The fraction of sp³-hybridized carbons (Fsp3) is 0.417. The number of hydrogen-bond donors (Lipinski definition) is 1. The molecule has 342 valence electrons. The van der Waals surface area contributed by atoms with E-state index in [0.717, 1.165) is 22.5 Å². The van der Waals surface area contributed by atoms with Crippen molar-refractivity contribution in [2.75, 3.05) is 0 Å². The zero-order valence-corrected chi connectivity index (χ0v) is 44.6. The Morgan fingerprint density at radius 2 is 0.875 bits per heavy atom. The first-order valence-electron chi connectivity index (χ1n) is 23.6. The second-order valence-electron chi connectivity index (χ2n) is 20.1. The molecule has 0 unspecified atom stereocenters. The van der Waals surface area contributed by atoms with Gasteiger partial charge in [0.25, 0.3) is 0 Å². The third-order valence-corrected chi connectivity index (χ3v) is 14.6. The molecule has 64 heavy (non-hydrogen) atoms. The van der Waals surface area contributed by atoms with Gasteiger partial charge in [0, 0.05) is 11.1 Å². The molecule has 6 aromatic rings. The molecule has 6 rings (SSSR count). The zero-order valence-electron chi connectivity index (χ0n) is 42.6. The van der Waals surface area contributed by atoms with E-state index in [4.69, 9.17) is 3.50 Å². The molecule has 0 spiro atoms. The summed E-state index contributed by atoms with van der Waals surface area (Å²) in [6.07, 6.45) is 0. The summed E-state index contributed by atoms with van der Waals surface area (Å²) < 4.78 is 7.31. The third-order valence-electron chi connectivity index (χ3n) is 12.2. The molecule has 0 saturated heterocycles. The van der Waals surface area contributed by atoms with Gasteiger partial charge < -0.3 is 10.1 Å². The number of para-hydroxylation sites is 1. The summed E-state index contributed by atoms with van der Waals surface area (Å²) >= 11 is -0.493. The molecule has 3 nitrogen and oxygen atoms in total. The van der Waals surface area contributed by atoms with Crippen LogP contribution in [0.25, 0.3) is 22.3 Å². The van der Waals surface area contributed by atoms with Crippen molar-refractivity contribution in [3.63, 3.8) is 0 Å². The number of nitrogens with zero attached hydrogens (tertiary/aromatic N) is 2. The van der Waals surface area contributed by atoms with Crippen LogP contribution in [0.3, 0.4) is 0 Å². The van der Waals surface area contributed by atoms with E-state index in [1.54, 1.807) is 0 Å². The van der Waals surface area contributed by atoms with Gasteiger partial charge in [-0.05, 0) is 80.0 Å². The Hall–Kier alpha value is -4.46. The van der Waals surface area contributed by atoms with Gasteiger partial charge in [0.1, 0.15) is 5.75 Å². The normalized spacial score (nSPS) is 11.6. The summed E-state index contributed by atoms with van der Waals surface area (Å²) in [7, 11) is 0. The van der Waals surface area contributed by atoms with Crippen molar-refractivity contribution in [3.05, 3.63) is 165 Å². The number of phenolic OH excluding ortho intramolecular Hbond substituents is 1. The van der Waals surface area contributed by atoms with Gasteiger partial charge >= 0.3 is 130 Å². The Labute approximate surface area is 397 Å². The van der Waals surface area contributed by atoms with Crippen LogP contribution in [-0.2, 0) is 23.3 Å². The van der Waals surface area contributed by atoms with Crippen LogP contribution < -0.4 is 4.98 Å². The van der Waals surface area contributed by atoms with Crippen LogP contribution in [-0.4, -0.2) is 9.51 Å². The number of aromatic hydroxyl groups is 1. The molecule has 0 fully saturated rings. The Balaban J connectivity index is 0.000000274. The average Bonchev–Trinajstić information content (AvgIpc) is 3.63. The van der Waals surface area contributed by atoms with Gasteiger partial charge in [-0.25, -0.2) is 0 Å². The molecule has 0 bridgehead atoms. The van der Waals surface area contributed by atoms with Crippen molar-refractivity contribution in [2.24, 2.45) is 3.50 Å². The SMILES string of the molecule is CC(C)c1cc(C(C)C)c(-c2cccc(-c3c(C(C)C)cc(C(C)C)cc3C(C)C)c2O)c(C(C)C)c1.Cc1ccc(C)[n-]1.Cc1cccc(C)c1[N]=[Mo]=[CH]C(C)(C)c1ccccc1. The van der Waals surface area contributed by atoms with Crippen LogP contribution >= 0.6 is 0 Å². The van der Waals surface area contributed by atoms with Crippen molar-refractivity contribution in [2.45, 2.75) is 166 Å². The minimum absolute atomic E-state index is 0.101. The molecule has 0 radical (unpaired) electrons. The average molecular weight is 940 g/mol. The van der Waals surface area contributed by atoms with Crippen LogP contribution in [0.1, 0.15) is 194 Å². The predicted molar refractivity (Wildman–Crippen MR) is 276 cm³/mol. The van der Waals surface area contributed by atoms with Crippen LogP contribution in [0.5, 0.6) is 5.75 Å². The summed E-state index contributed by atoms with van der Waals surface area (Å²) in [5.41, 5.74) is 19.8. The number of phenols is 1. The molecule has 0 aliphatic rings. The topological polar surface area (TPSA) is 46.7 Å². The van der Waals surface area contributed by atoms with Gasteiger partial charge in [-0.2, -0.15) is 11.4 Å². The molecule has 0 amide bonds. The summed E-state index contributed by atoms with van der Waals surface area (Å²) in [6, 6.07) is 36.9. The van der Waals surface area contributed by atoms with Gasteiger partial charge in [-0.3, -0.25) is 0 Å². The maximum atomic E-state index is 12.1. The van der Waals surface area contributed by atoms with Crippen LogP contribution in [0.2, 0.25) is 0 Å². The second-order valence-corrected chi connectivity index (χ2v) is 21.7. The Morgan fingerprint density at radius 3 is 1.20 bits per heavy atom. The van der Waals surface area contributed by atoms with Crippen molar-refractivity contribution in [3.8, 4) is 28.0 Å². The minimum atomic E-state index is -0.493. The number of rotatable bonds is 11. The van der Waals surface area contributed by atoms with Crippen molar-refractivity contribution in [1.82, 2.24) is 4.98 Å². The molecular weight excluding hydrogens is 861 g/mol. The first kappa shape index (κ1) is 52.2. The van der Waals surface area contributed by atoms with E-state index >= 15 is 0 Å². The second kappa shape index (κ2) is 23.1. The number of benzene rings is 5. The predicted octanol–water partition coefficient (Wildman–Crippen LogP) is 17.7. The van der Waals surface area contributed by atoms with Crippen LogP contribution in [0, 0.1) is 27.7 Å². The molecule has 5 aromatic carbocycles. The Kier molecular flexibility index (Phi) is 18.9. The third kappa shape index (κ3) is 13.3. The zero-order chi connectivity index (χ0) is 47.6. The van der Waals surface area contributed by atoms with E-state index in [9.17, 15) is 5.11 Å². The van der Waals surface area contributed by atoms with Crippen molar-refractivity contribution in [1.29, 1.82) is 0 Å². The van der Waals surface area contributed by atoms with Crippen LogP contribution in [0.15, 0.2) is 107 Å². The Morgan fingerprint density at radius 1 is 0.500 bits per heavy atom. The number of aryl methyl sites for hydroxylation is 4. The standard InChI is InChI=1S/C36H50O.C10H12.C8H9N.C6H8N.Mo/c1-20(2)26-16-30(22(5)6)34(31(17-26)23(7)8)28-14-13-15-29(36(28)37)35-32(24(9)10)18-27(21(3)4)19-33(35)25(11)12;1-10(2,3)9-7-5-4-6-8-9;1-6-4-3-5-7(2)8(6)9;1-5-3-4-6(2)7-5;/h13-25,37H,1-12H3;1,4-8H,2-3H3;3-5H,1-2H3;3-4H,1-2H3;/q;;;-1;. The van der Waals surface area contributed by atoms with Crippen molar-refractivity contribution >= 4 is 10.1 Å². The van der Waals surface area contributed by atoms with Gasteiger partial charge in [-0.15, -0.1) is 0 Å². The molecule has 0 saturated carbocycles. The fourth-order valence-corrected chi connectivity index (χ4v) is 10.2. The van der Waals surface area contributed by atoms with Gasteiger partial charge in [0.15, 0.2) is 0 Å². The Bertz CT molecular complexity index is 2330. The fourth-order valence-electron chi connectivity index (χ4n) is 8.17. The molecule has 1 N–H and O–H groups in total. The first-order chi connectivity index (χ1) is 30.0. The molecule has 1 heterocycles. The van der Waals surface area contributed by atoms with E-state index in [1.807, 2.05) is 26.0 Å². The molecule has 0 aliphatic heterocycles. The molecule has 0 aliphatic carbocycles. The maximum absolute atomic E-state index is 12.1. The number of aromatic nitrogens is 1. The van der Waals surface area contributed by atoms with Crippen LogP contribution in [0.4, 0.5) is 5.69 Å². The monoisotopic (exact) mass is 942 g/mol. The molecular formula is C60H79MoN2O-. The quantitative estimate of drug-likeness (QED) is 0.132. The molecule has 1 aromatic heterocycles. The first-order valence-corrected chi connectivity index (χ1v) is 25.7. The van der Waals surface area contributed by atoms with Gasteiger partial charge in [0.05, 0.1) is 0 Å². The number of hydrogen-bond acceptors (Lipinski definition) is 2. The summed E-state index contributed by atoms with van der Waals surface area (Å²) in [5.74, 6) is 2.77. The summed E-state index contributed by atoms with van der Waals surface area (Å²) in [6.45, 7) is 40.0. The van der Waals surface area contributed by atoms with E-state index in [1.165, 1.54) is 66.9 Å². The summed E-state index contributed by atoms with van der Waals surface area (Å²) in [5, 5.41) is 12.1. The van der Waals surface area contributed by atoms with E-state index in [-0.39, 0.29) is 5.41 Å². The molecule has 0 atom stereocenters. The van der Waals surface area contributed by atoms with Crippen molar-refractivity contribution < 1.29 is 23.0 Å². The van der Waals surface area contributed by atoms with Gasteiger partial charge in [0.2, 0.25) is 0 Å². The van der Waals surface area contributed by atoms with E-state index in [2.05, 4.69) is 211 Å². The van der Waals surface area contributed by atoms with E-state index < -0.39 is 17.9 Å². The van der Waals surface area contributed by atoms with Gasteiger partial charge in [-0.1, -0.05) is 152 Å². The summed E-state index contributed by atoms with van der Waals surface area (Å²) in [4.78, 5) is 4.11.